The number of thiol groups is 1. The summed E-state index contributed by atoms with van der Waals surface area (Å²) in [6.45, 7) is 8.09. The molecule has 1 unspecified atom stereocenters. The number of nitrogens with one attached hydrogen (secondary N) is 4. The Labute approximate surface area is 301 Å². The molecule has 2 aliphatic heterocycles. The Morgan fingerprint density at radius 3 is 1.86 bits per heavy atom. The molecule has 0 aliphatic carbocycles. The summed E-state index contributed by atoms with van der Waals surface area (Å²) in [7, 11) is 0. The molecule has 0 radical (unpaired) electrons. The Balaban J connectivity index is 1.14. The Bertz CT molecular complexity index is 1960. The third-order valence-corrected chi connectivity index (χ3v) is 10.4. The van der Waals surface area contributed by atoms with E-state index in [0.717, 1.165) is 0 Å². The molecule has 23 heteroatoms. The van der Waals surface area contributed by atoms with Crippen molar-refractivity contribution in [3.8, 4) is 0 Å². The van der Waals surface area contributed by atoms with Gasteiger partial charge in [-0.05, 0) is 11.8 Å². The lowest BCUT2D eigenvalue weighted by atomic mass is 10.1. The Morgan fingerprint density at radius 2 is 1.37 bits per heavy atom. The van der Waals surface area contributed by atoms with Crippen LogP contribution in [0.15, 0.2) is 22.2 Å². The van der Waals surface area contributed by atoms with Gasteiger partial charge in [-0.3, -0.25) is 28.7 Å². The maximum Gasteiger partial charge on any atom is 0.280 e. The van der Waals surface area contributed by atoms with Gasteiger partial charge in [0.25, 0.3) is 11.1 Å². The van der Waals surface area contributed by atoms with Crippen molar-refractivity contribution in [2.45, 2.75) is 76.8 Å². The smallest absolute Gasteiger partial charge is 0.280 e. The van der Waals surface area contributed by atoms with Gasteiger partial charge in [0.15, 0.2) is 40.9 Å². The van der Waals surface area contributed by atoms with Crippen molar-refractivity contribution in [3.63, 3.8) is 0 Å². The predicted octanol–water partition coefficient (Wildman–Crippen LogP) is -0.185. The first-order chi connectivity index (χ1) is 24.2. The molecule has 4 aromatic rings. The summed E-state index contributed by atoms with van der Waals surface area (Å²) in [5.74, 6) is 0.958. The fourth-order valence-corrected chi connectivity index (χ4v) is 7.64. The number of nitrogens with zero attached hydrogens (tertiary/aromatic N) is 6. The quantitative estimate of drug-likeness (QED) is 0.0457. The van der Waals surface area contributed by atoms with Crippen LogP contribution in [-0.4, -0.2) is 122 Å². The van der Waals surface area contributed by atoms with Crippen molar-refractivity contribution in [3.05, 3.63) is 33.4 Å². The monoisotopic (exact) mass is 772 g/mol. The van der Waals surface area contributed by atoms with Crippen molar-refractivity contribution in [1.29, 1.82) is 0 Å². The number of imidazole rings is 2. The summed E-state index contributed by atoms with van der Waals surface area (Å²) in [5.41, 5.74) is -0.722. The van der Waals surface area contributed by atoms with E-state index < -0.39 is 72.9 Å². The second-order valence-corrected chi connectivity index (χ2v) is 18.4. The minimum Gasteiger partial charge on any atom is -0.480 e. The number of aliphatic hydroxyl groups excluding tert-OH is 4. The van der Waals surface area contributed by atoms with E-state index in [9.17, 15) is 30.0 Å². The van der Waals surface area contributed by atoms with Crippen molar-refractivity contribution in [2.75, 3.05) is 36.9 Å². The van der Waals surface area contributed by atoms with Gasteiger partial charge < -0.3 is 52.8 Å². The maximum absolute atomic E-state index is 12.7. The number of aromatic amines is 2. The van der Waals surface area contributed by atoms with Crippen LogP contribution in [0.3, 0.4) is 0 Å². The zero-order valence-electron chi connectivity index (χ0n) is 28.0. The van der Waals surface area contributed by atoms with Crippen LogP contribution in [0.4, 0.5) is 11.9 Å². The summed E-state index contributed by atoms with van der Waals surface area (Å²) in [6, 6.07) is 0. The molecule has 2 aliphatic rings. The maximum atomic E-state index is 12.7. The number of aromatic nitrogens is 8. The van der Waals surface area contributed by atoms with Crippen LogP contribution in [-0.2, 0) is 30.8 Å². The van der Waals surface area contributed by atoms with Crippen LogP contribution in [0, 0.1) is 11.8 Å². The van der Waals surface area contributed by atoms with E-state index >= 15 is 0 Å². The van der Waals surface area contributed by atoms with Gasteiger partial charge in [0.1, 0.15) is 37.1 Å². The lowest BCUT2D eigenvalue weighted by molar-refractivity contribution is -0.0522. The van der Waals surface area contributed by atoms with Crippen molar-refractivity contribution >= 4 is 64.8 Å². The summed E-state index contributed by atoms with van der Waals surface area (Å²) in [6.07, 6.45) is -11.2. The second-order valence-electron chi connectivity index (χ2n) is 13.1. The third-order valence-electron chi connectivity index (χ3n) is 8.25. The third kappa shape index (κ3) is 7.91. The first kappa shape index (κ1) is 37.9. The fourth-order valence-electron chi connectivity index (χ4n) is 5.67. The van der Waals surface area contributed by atoms with Crippen LogP contribution < -0.4 is 21.8 Å². The normalized spacial score (nSPS) is 28.0. The van der Waals surface area contributed by atoms with E-state index in [0.29, 0.717) is 13.1 Å². The van der Waals surface area contributed by atoms with Crippen molar-refractivity contribution in [1.82, 2.24) is 39.0 Å². The van der Waals surface area contributed by atoms with Crippen LogP contribution >= 0.6 is 18.4 Å². The zero-order chi connectivity index (χ0) is 36.8. The summed E-state index contributed by atoms with van der Waals surface area (Å²) >= 11 is 9.91. The molecule has 9 atom stereocenters. The molecule has 0 amide bonds. The molecular formula is C28H41N10O10PS2. The van der Waals surface area contributed by atoms with Gasteiger partial charge in [-0.2, -0.15) is 9.97 Å². The lowest BCUT2D eigenvalue weighted by Gasteiger charge is -2.29. The summed E-state index contributed by atoms with van der Waals surface area (Å²) < 4.78 is 26.3. The Hall–Kier alpha value is -2.89. The van der Waals surface area contributed by atoms with E-state index in [1.165, 1.54) is 21.8 Å². The number of ether oxygens (including phenoxy) is 2. The van der Waals surface area contributed by atoms with Crippen molar-refractivity contribution < 1.29 is 38.9 Å². The van der Waals surface area contributed by atoms with E-state index in [2.05, 4.69) is 52.8 Å². The van der Waals surface area contributed by atoms with Gasteiger partial charge in [-0.15, -0.1) is 0 Å². The topological polar surface area (TPSA) is 269 Å². The number of H-pyrrole nitrogens is 2. The van der Waals surface area contributed by atoms with Gasteiger partial charge in [0, 0.05) is 25.3 Å². The number of aliphatic hydroxyl groups is 4. The van der Waals surface area contributed by atoms with Crippen LogP contribution in [0.1, 0.15) is 40.2 Å². The van der Waals surface area contributed by atoms with Gasteiger partial charge in [-0.25, -0.2) is 19.0 Å². The standard InChI is InChI=1S/C28H41N10O10PS2/c1-11(2)5-29-27-33-21-15(23(43)35-27)31-9-37(21)25-18(41)17(40)14(47-25)8-45-49(50,51)48-20-13(7-39)46-26(19(20)42)38-10-32-16-22(38)34-28(36-24(16)44)30-6-12(3)4/h9-14,17-20,25-26,39-42H,5-8H2,1-4H3,(H,50,51)(H2,29,33,35,43)(H2,30,34,36,44)/t13-,14-,17-,18-,19-,20-,25-,26-/m1/s1. The van der Waals surface area contributed by atoms with Crippen LogP contribution in [0.5, 0.6) is 0 Å². The summed E-state index contributed by atoms with van der Waals surface area (Å²) in [4.78, 5) is 47.7. The molecule has 6 heterocycles. The van der Waals surface area contributed by atoms with E-state index in [1.54, 1.807) is 0 Å². The molecule has 0 aromatic carbocycles. The molecule has 0 saturated carbocycles. The molecule has 2 saturated heterocycles. The average Bonchev–Trinajstić information content (AvgIpc) is 3.83. The summed E-state index contributed by atoms with van der Waals surface area (Å²) in [5, 5.41) is 49.3. The molecule has 280 valence electrons. The largest absolute Gasteiger partial charge is 0.480 e. The average molecular weight is 773 g/mol. The highest BCUT2D eigenvalue weighted by Crippen LogP contribution is 2.65. The van der Waals surface area contributed by atoms with Gasteiger partial charge in [-0.1, -0.05) is 27.7 Å². The number of hydrogen-bond donors (Lipinski definition) is 9. The Morgan fingerprint density at radius 1 is 0.882 bits per heavy atom. The van der Waals surface area contributed by atoms with Crippen molar-refractivity contribution in [2.24, 2.45) is 11.8 Å². The van der Waals surface area contributed by atoms with E-state index in [-0.39, 0.29) is 52.7 Å². The second kappa shape index (κ2) is 15.2. The number of hydrogen-bond acceptors (Lipinski definition) is 18. The minimum atomic E-state index is -3.55. The molecule has 0 spiro atoms. The highest BCUT2D eigenvalue weighted by Gasteiger charge is 2.51. The SMILES string of the molecule is CC(C)CNc1nc2c(ncn2[C@@H]2O[C@H](CO[P+]([S-])(S)O[C@H]3[C@@H](O)[C@H](n4cnc5c(=O)[nH]c(NCC(C)C)nc54)O[C@@H]3CO)[C@@H](O)[C@H]2O)c(=O)[nH]1. The first-order valence-corrected chi connectivity index (χ1v) is 20.0. The molecule has 8 N–H and O–H groups in total. The predicted molar refractivity (Wildman–Crippen MR) is 190 cm³/mol. The molecule has 51 heavy (non-hydrogen) atoms. The van der Waals surface area contributed by atoms with Gasteiger partial charge in [0.2, 0.25) is 18.0 Å². The van der Waals surface area contributed by atoms with Crippen LogP contribution in [0.25, 0.3) is 22.3 Å². The highest BCUT2D eigenvalue weighted by molar-refractivity contribution is 8.76. The minimum absolute atomic E-state index is 0.0120. The number of anilines is 2. The lowest BCUT2D eigenvalue weighted by Crippen LogP contribution is -2.36. The Kier molecular flexibility index (Phi) is 11.3. The van der Waals surface area contributed by atoms with Crippen LogP contribution in [0.2, 0.25) is 0 Å². The fraction of sp³-hybridized carbons (Fsp3) is 0.643. The van der Waals surface area contributed by atoms with E-state index in [4.69, 9.17) is 30.8 Å². The molecule has 0 bridgehead atoms. The molecule has 6 rings (SSSR count). The molecule has 2 fully saturated rings. The number of fused-ring (bicyclic) bond motifs is 2. The highest BCUT2D eigenvalue weighted by atomic mass is 33.1. The van der Waals surface area contributed by atoms with Gasteiger partial charge >= 0.3 is 0 Å². The molecule has 4 aromatic heterocycles. The molecule has 20 nitrogen and oxygen atoms in total. The first-order valence-electron chi connectivity index (χ1n) is 16.2. The molecular weight excluding hydrogens is 731 g/mol. The van der Waals surface area contributed by atoms with E-state index in [1.807, 2.05) is 27.7 Å². The zero-order valence-corrected chi connectivity index (χ0v) is 30.6. The number of rotatable bonds is 14. The van der Waals surface area contributed by atoms with Gasteiger partial charge in [0.05, 0.1) is 19.3 Å².